The van der Waals surface area contributed by atoms with E-state index in [2.05, 4.69) is 21.3 Å². The molecule has 162 valence electrons. The van der Waals surface area contributed by atoms with Crippen LogP contribution in [0.25, 0.3) is 11.0 Å². The lowest BCUT2D eigenvalue weighted by Gasteiger charge is -2.32. The molecule has 0 aliphatic carbocycles. The molecule has 1 saturated heterocycles. The summed E-state index contributed by atoms with van der Waals surface area (Å²) in [6.45, 7) is 2.62. The molecule has 0 atom stereocenters. The fourth-order valence-corrected chi connectivity index (χ4v) is 4.57. The van der Waals surface area contributed by atoms with E-state index in [9.17, 15) is 9.59 Å². The van der Waals surface area contributed by atoms with E-state index in [1.165, 1.54) is 0 Å². The first-order valence-corrected chi connectivity index (χ1v) is 11.0. The molecule has 6 heteroatoms. The minimum absolute atomic E-state index is 0.0261. The maximum absolute atomic E-state index is 12.6. The van der Waals surface area contributed by atoms with Crippen LogP contribution in [-0.4, -0.2) is 33.4 Å². The fourth-order valence-electron chi connectivity index (χ4n) is 4.57. The minimum Gasteiger partial charge on any atom is -0.322 e. The van der Waals surface area contributed by atoms with E-state index in [4.69, 9.17) is 0 Å². The number of hydrogen-bond donors (Lipinski definition) is 2. The van der Waals surface area contributed by atoms with Crippen LogP contribution >= 0.6 is 0 Å². The molecule has 1 aliphatic heterocycles. The molecule has 0 saturated carbocycles. The van der Waals surface area contributed by atoms with Crippen molar-refractivity contribution in [1.82, 2.24) is 14.5 Å². The highest BCUT2D eigenvalue weighted by Gasteiger charge is 2.23. The number of nitrogens with one attached hydrogen (secondary N) is 2. The number of imidazole rings is 1. The lowest BCUT2D eigenvalue weighted by atomic mass is 10.0. The second-order valence-corrected chi connectivity index (χ2v) is 8.35. The Bertz CT molecular complexity index is 1280. The molecule has 1 fully saturated rings. The second kappa shape index (κ2) is 8.85. The normalized spacial score (nSPS) is 15.1. The van der Waals surface area contributed by atoms with Crippen LogP contribution in [0.3, 0.4) is 0 Å². The van der Waals surface area contributed by atoms with E-state index in [1.54, 1.807) is 0 Å². The number of carbonyl (C=O) groups excluding carboxylic acids is 1. The molecule has 4 aromatic rings. The van der Waals surface area contributed by atoms with Crippen LogP contribution in [0.4, 0.5) is 5.69 Å². The van der Waals surface area contributed by atoms with Crippen LogP contribution in [0.15, 0.2) is 83.7 Å². The van der Waals surface area contributed by atoms with Crippen LogP contribution in [0.5, 0.6) is 0 Å². The highest BCUT2D eigenvalue weighted by atomic mass is 16.2. The standard InChI is InChI=1S/C26H26N4O2/c31-25(27-21-9-2-1-3-10-21)20-8-6-7-19(17-20)18-29-15-13-22(14-16-29)30-24-12-5-4-11-23(24)28-26(30)32/h1-12,17,22H,13-16,18H2,(H,27,31)(H,28,32). The third-order valence-electron chi connectivity index (χ3n) is 6.17. The zero-order chi connectivity index (χ0) is 21.9. The molecular weight excluding hydrogens is 400 g/mol. The van der Waals surface area contributed by atoms with Gasteiger partial charge in [0, 0.05) is 36.9 Å². The van der Waals surface area contributed by atoms with Crippen LogP contribution in [0.2, 0.25) is 0 Å². The summed E-state index contributed by atoms with van der Waals surface area (Å²) in [6.07, 6.45) is 1.85. The molecular formula is C26H26N4O2. The largest absolute Gasteiger partial charge is 0.326 e. The van der Waals surface area contributed by atoms with E-state index < -0.39 is 0 Å². The third kappa shape index (κ3) is 4.22. The quantitative estimate of drug-likeness (QED) is 0.496. The van der Waals surface area contributed by atoms with E-state index in [1.807, 2.05) is 77.4 Å². The zero-order valence-electron chi connectivity index (χ0n) is 17.8. The Morgan fingerprint density at radius 1 is 0.938 bits per heavy atom. The molecule has 0 unspecified atom stereocenters. The summed E-state index contributed by atoms with van der Waals surface area (Å²) in [7, 11) is 0. The van der Waals surface area contributed by atoms with Crippen molar-refractivity contribution in [3.05, 3.63) is 100 Å². The Morgan fingerprint density at radius 2 is 1.69 bits per heavy atom. The minimum atomic E-state index is -0.101. The number of fused-ring (bicyclic) bond motifs is 1. The van der Waals surface area contributed by atoms with E-state index in [0.717, 1.165) is 54.8 Å². The van der Waals surface area contributed by atoms with Crippen molar-refractivity contribution in [3.8, 4) is 0 Å². The average Bonchev–Trinajstić information content (AvgIpc) is 3.16. The number of rotatable bonds is 5. The Balaban J connectivity index is 1.23. The second-order valence-electron chi connectivity index (χ2n) is 8.35. The Hall–Kier alpha value is -3.64. The maximum Gasteiger partial charge on any atom is 0.326 e. The summed E-state index contributed by atoms with van der Waals surface area (Å²) < 4.78 is 1.92. The van der Waals surface area contributed by atoms with Gasteiger partial charge >= 0.3 is 5.69 Å². The molecule has 1 aromatic heterocycles. The maximum atomic E-state index is 12.6. The van der Waals surface area contributed by atoms with Gasteiger partial charge in [0.05, 0.1) is 11.0 Å². The molecule has 6 nitrogen and oxygen atoms in total. The van der Waals surface area contributed by atoms with Gasteiger partial charge in [0.1, 0.15) is 0 Å². The number of piperidine rings is 1. The number of hydrogen-bond acceptors (Lipinski definition) is 3. The van der Waals surface area contributed by atoms with Crippen LogP contribution in [0, 0.1) is 0 Å². The van der Waals surface area contributed by atoms with Gasteiger partial charge in [0.25, 0.3) is 5.91 Å². The molecule has 1 aliphatic rings. The molecule has 3 aromatic carbocycles. The molecule has 1 amide bonds. The smallest absolute Gasteiger partial charge is 0.322 e. The average molecular weight is 427 g/mol. The summed E-state index contributed by atoms with van der Waals surface area (Å²) in [5.41, 5.74) is 4.41. The van der Waals surface area contributed by atoms with Crippen LogP contribution in [0.1, 0.15) is 34.8 Å². The number of likely N-dealkylation sites (tertiary alicyclic amines) is 1. The first-order valence-electron chi connectivity index (χ1n) is 11.0. The fraction of sp³-hybridized carbons (Fsp3) is 0.231. The monoisotopic (exact) mass is 426 g/mol. The lowest BCUT2D eigenvalue weighted by Crippen LogP contribution is -2.36. The van der Waals surface area contributed by atoms with Gasteiger partial charge in [0.2, 0.25) is 0 Å². The molecule has 0 spiro atoms. The highest BCUT2D eigenvalue weighted by Crippen LogP contribution is 2.25. The summed E-state index contributed by atoms with van der Waals surface area (Å²) in [6, 6.07) is 25.4. The van der Waals surface area contributed by atoms with Gasteiger partial charge in [-0.05, 0) is 54.8 Å². The topological polar surface area (TPSA) is 70.1 Å². The first-order chi connectivity index (χ1) is 15.7. The van der Waals surface area contributed by atoms with E-state index >= 15 is 0 Å². The Kier molecular flexibility index (Phi) is 5.60. The molecule has 5 rings (SSSR count). The number of para-hydroxylation sites is 3. The molecule has 0 radical (unpaired) electrons. The number of carbonyl (C=O) groups is 1. The SMILES string of the molecule is O=C(Nc1ccccc1)c1cccc(CN2CCC(n3c(=O)[nH]c4ccccc43)CC2)c1. The van der Waals surface area contributed by atoms with E-state index in [-0.39, 0.29) is 17.6 Å². The Morgan fingerprint density at radius 3 is 2.50 bits per heavy atom. The van der Waals surface area contributed by atoms with E-state index in [0.29, 0.717) is 5.56 Å². The zero-order valence-corrected chi connectivity index (χ0v) is 17.8. The van der Waals surface area contributed by atoms with Crippen molar-refractivity contribution >= 4 is 22.6 Å². The van der Waals surface area contributed by atoms with Crippen molar-refractivity contribution in [3.63, 3.8) is 0 Å². The number of anilines is 1. The number of nitrogens with zero attached hydrogens (tertiary/aromatic N) is 2. The lowest BCUT2D eigenvalue weighted by molar-refractivity contribution is 0.102. The van der Waals surface area contributed by atoms with Crippen molar-refractivity contribution in [2.24, 2.45) is 0 Å². The summed E-state index contributed by atoms with van der Waals surface area (Å²) >= 11 is 0. The molecule has 2 N–H and O–H groups in total. The van der Waals surface area contributed by atoms with Crippen LogP contribution in [-0.2, 0) is 6.54 Å². The first kappa shape index (κ1) is 20.3. The highest BCUT2D eigenvalue weighted by molar-refractivity contribution is 6.04. The number of H-pyrrole nitrogens is 1. The van der Waals surface area contributed by atoms with Gasteiger partial charge in [-0.2, -0.15) is 0 Å². The van der Waals surface area contributed by atoms with Gasteiger partial charge in [0.15, 0.2) is 0 Å². The van der Waals surface area contributed by atoms with Crippen molar-refractivity contribution in [2.45, 2.75) is 25.4 Å². The predicted molar refractivity (Wildman–Crippen MR) is 127 cm³/mol. The Labute approximate surface area is 186 Å². The van der Waals surface area contributed by atoms with Gasteiger partial charge < -0.3 is 10.3 Å². The molecule has 32 heavy (non-hydrogen) atoms. The van der Waals surface area contributed by atoms with Crippen molar-refractivity contribution in [2.75, 3.05) is 18.4 Å². The number of amides is 1. The summed E-state index contributed by atoms with van der Waals surface area (Å²) in [4.78, 5) is 30.5. The summed E-state index contributed by atoms with van der Waals surface area (Å²) in [5.74, 6) is -0.101. The molecule has 2 heterocycles. The van der Waals surface area contributed by atoms with Gasteiger partial charge in [-0.3, -0.25) is 14.3 Å². The number of aromatic amines is 1. The number of benzene rings is 3. The molecule has 0 bridgehead atoms. The number of aromatic nitrogens is 2. The van der Waals surface area contributed by atoms with Crippen molar-refractivity contribution < 1.29 is 4.79 Å². The van der Waals surface area contributed by atoms with Crippen molar-refractivity contribution in [1.29, 1.82) is 0 Å². The van der Waals surface area contributed by atoms with Gasteiger partial charge in [-0.1, -0.05) is 42.5 Å². The van der Waals surface area contributed by atoms with Gasteiger partial charge in [-0.15, -0.1) is 0 Å². The summed E-state index contributed by atoms with van der Waals surface area (Å²) in [5, 5.41) is 2.94. The predicted octanol–water partition coefficient (Wildman–Crippen LogP) is 4.42. The van der Waals surface area contributed by atoms with Crippen LogP contribution < -0.4 is 11.0 Å². The van der Waals surface area contributed by atoms with Gasteiger partial charge in [-0.25, -0.2) is 4.79 Å². The third-order valence-corrected chi connectivity index (χ3v) is 6.17.